The summed E-state index contributed by atoms with van der Waals surface area (Å²) in [5.41, 5.74) is 6.25. The summed E-state index contributed by atoms with van der Waals surface area (Å²) in [6.07, 6.45) is 6.57. The van der Waals surface area contributed by atoms with Gasteiger partial charge in [0.25, 0.3) is 0 Å². The van der Waals surface area contributed by atoms with Crippen LogP contribution >= 0.6 is 0 Å². The molecule has 2 atom stereocenters. The minimum atomic E-state index is -0.0909. The molecule has 162 valence electrons. The van der Waals surface area contributed by atoms with Crippen LogP contribution in [0.25, 0.3) is 11.1 Å². The second-order valence-corrected chi connectivity index (χ2v) is 9.44. The average Bonchev–Trinajstić information content (AvgIpc) is 3.71. The smallest absolute Gasteiger partial charge is 0.123 e. The summed E-state index contributed by atoms with van der Waals surface area (Å²) in [4.78, 5) is 0. The van der Waals surface area contributed by atoms with Crippen molar-refractivity contribution in [3.63, 3.8) is 0 Å². The van der Waals surface area contributed by atoms with Crippen molar-refractivity contribution in [3.05, 3.63) is 71.3 Å². The molecule has 1 aliphatic carbocycles. The third kappa shape index (κ3) is 4.86. The lowest BCUT2D eigenvalue weighted by Crippen LogP contribution is -2.17. The van der Waals surface area contributed by atoms with Crippen molar-refractivity contribution in [2.45, 2.75) is 44.8 Å². The maximum absolute atomic E-state index is 5.96. The lowest BCUT2D eigenvalue weighted by Gasteiger charge is -2.17. The average molecular weight is 419 g/mol. The number of benzene rings is 2. The van der Waals surface area contributed by atoms with Crippen LogP contribution < -0.4 is 9.47 Å². The number of hydrogen-bond donors (Lipinski definition) is 0. The Bertz CT molecular complexity index is 1020. The van der Waals surface area contributed by atoms with Gasteiger partial charge >= 0.3 is 0 Å². The second kappa shape index (κ2) is 7.85. The number of ether oxygens (including phenoxy) is 4. The van der Waals surface area contributed by atoms with Crippen LogP contribution in [0, 0.1) is 6.92 Å². The van der Waals surface area contributed by atoms with Crippen molar-refractivity contribution in [2.75, 3.05) is 26.4 Å². The van der Waals surface area contributed by atoms with Gasteiger partial charge < -0.3 is 18.9 Å². The molecule has 0 N–H and O–H groups in total. The Kier molecular flexibility index (Phi) is 5.15. The van der Waals surface area contributed by atoms with Crippen LogP contribution in [0.5, 0.6) is 11.5 Å². The van der Waals surface area contributed by atoms with Crippen LogP contribution in [0.2, 0.25) is 0 Å². The molecule has 0 radical (unpaired) electrons. The van der Waals surface area contributed by atoms with E-state index < -0.39 is 0 Å². The number of epoxide rings is 2. The Morgan fingerprint density at radius 3 is 1.87 bits per heavy atom. The Hall–Kier alpha value is -2.56. The molecule has 4 heteroatoms. The summed E-state index contributed by atoms with van der Waals surface area (Å²) >= 11 is 0. The van der Waals surface area contributed by atoms with Gasteiger partial charge in [-0.25, -0.2) is 0 Å². The number of rotatable bonds is 8. The monoisotopic (exact) mass is 418 g/mol. The molecule has 2 aliphatic heterocycles. The highest BCUT2D eigenvalue weighted by molar-refractivity contribution is 5.78. The van der Waals surface area contributed by atoms with Gasteiger partial charge in [-0.05, 0) is 85.7 Å². The maximum Gasteiger partial charge on any atom is 0.123 e. The van der Waals surface area contributed by atoms with Crippen molar-refractivity contribution in [3.8, 4) is 11.5 Å². The van der Waals surface area contributed by atoms with E-state index in [4.69, 9.17) is 18.9 Å². The van der Waals surface area contributed by atoms with Crippen molar-refractivity contribution in [1.82, 2.24) is 0 Å². The van der Waals surface area contributed by atoms with Gasteiger partial charge in [0, 0.05) is 0 Å². The highest BCUT2D eigenvalue weighted by atomic mass is 16.6. The van der Waals surface area contributed by atoms with E-state index in [1.54, 1.807) is 0 Å². The van der Waals surface area contributed by atoms with Crippen LogP contribution in [0.3, 0.4) is 0 Å². The lowest BCUT2D eigenvalue weighted by atomic mass is 9.89. The second-order valence-electron chi connectivity index (χ2n) is 9.44. The standard InChI is InChI=1S/C27H30O4/c1-19-14-23(10-13-25(19)29-16-27(3)18-31-27)22-6-4-20(5-7-22)21-8-11-24(12-9-21)28-15-26(2)17-30-26/h4,6,8-14H,5,7,15-18H2,1-3H3. The van der Waals surface area contributed by atoms with Crippen molar-refractivity contribution >= 4 is 11.1 Å². The fraction of sp³-hybridized carbons (Fsp3) is 0.407. The summed E-state index contributed by atoms with van der Waals surface area (Å²) in [6.45, 7) is 9.06. The van der Waals surface area contributed by atoms with Gasteiger partial charge in [-0.1, -0.05) is 30.4 Å². The molecule has 2 unspecified atom stereocenters. The van der Waals surface area contributed by atoms with Crippen LogP contribution in [0.1, 0.15) is 43.4 Å². The van der Waals surface area contributed by atoms with E-state index >= 15 is 0 Å². The fourth-order valence-electron chi connectivity index (χ4n) is 3.77. The molecule has 4 nitrogen and oxygen atoms in total. The zero-order valence-electron chi connectivity index (χ0n) is 18.6. The molecule has 5 rings (SSSR count). The number of hydrogen-bond acceptors (Lipinski definition) is 4. The molecule has 31 heavy (non-hydrogen) atoms. The molecular formula is C27H30O4. The molecule has 0 aromatic heterocycles. The quantitative estimate of drug-likeness (QED) is 0.524. The van der Waals surface area contributed by atoms with Gasteiger partial charge in [0.2, 0.25) is 0 Å². The van der Waals surface area contributed by atoms with E-state index in [1.165, 1.54) is 27.8 Å². The largest absolute Gasteiger partial charge is 0.491 e. The predicted octanol–water partition coefficient (Wildman–Crippen LogP) is 5.59. The molecule has 2 saturated heterocycles. The van der Waals surface area contributed by atoms with E-state index in [-0.39, 0.29) is 11.2 Å². The van der Waals surface area contributed by atoms with E-state index in [2.05, 4.69) is 75.4 Å². The van der Waals surface area contributed by atoms with Gasteiger partial charge in [-0.3, -0.25) is 0 Å². The highest BCUT2D eigenvalue weighted by Crippen LogP contribution is 2.35. The van der Waals surface area contributed by atoms with Gasteiger partial charge in [0.05, 0.1) is 13.2 Å². The molecular weight excluding hydrogens is 388 g/mol. The van der Waals surface area contributed by atoms with Crippen molar-refractivity contribution in [2.24, 2.45) is 0 Å². The molecule has 2 heterocycles. The maximum atomic E-state index is 5.96. The van der Waals surface area contributed by atoms with Gasteiger partial charge in [-0.2, -0.15) is 0 Å². The van der Waals surface area contributed by atoms with Gasteiger partial charge in [0.15, 0.2) is 0 Å². The first-order chi connectivity index (χ1) is 14.9. The molecule has 0 saturated carbocycles. The van der Waals surface area contributed by atoms with Gasteiger partial charge in [0.1, 0.15) is 35.9 Å². The van der Waals surface area contributed by atoms with Gasteiger partial charge in [-0.15, -0.1) is 0 Å². The van der Waals surface area contributed by atoms with Crippen LogP contribution in [0.15, 0.2) is 54.6 Å². The van der Waals surface area contributed by atoms with Crippen LogP contribution in [-0.2, 0) is 9.47 Å². The Balaban J connectivity index is 1.23. The summed E-state index contributed by atoms with van der Waals surface area (Å²) < 4.78 is 22.6. The van der Waals surface area contributed by atoms with Crippen LogP contribution in [0.4, 0.5) is 0 Å². The summed E-state index contributed by atoms with van der Waals surface area (Å²) in [7, 11) is 0. The highest BCUT2D eigenvalue weighted by Gasteiger charge is 2.40. The van der Waals surface area contributed by atoms with Crippen LogP contribution in [-0.4, -0.2) is 37.6 Å². The fourth-order valence-corrected chi connectivity index (χ4v) is 3.77. The normalized spacial score (nSPS) is 26.7. The third-order valence-corrected chi connectivity index (χ3v) is 6.27. The van der Waals surface area contributed by atoms with E-state index in [1.807, 2.05) is 0 Å². The SMILES string of the molecule is Cc1cc(C2=CC=C(c3ccc(OCC4(C)CO4)cc3)CC2)ccc1OCC1(C)CO1. The molecule has 0 amide bonds. The number of allylic oxidation sites excluding steroid dienone is 4. The Morgan fingerprint density at radius 1 is 0.774 bits per heavy atom. The molecule has 0 spiro atoms. The third-order valence-electron chi connectivity index (χ3n) is 6.27. The zero-order valence-corrected chi connectivity index (χ0v) is 18.6. The van der Waals surface area contributed by atoms with E-state index in [0.717, 1.165) is 37.6 Å². The van der Waals surface area contributed by atoms with Crippen molar-refractivity contribution < 1.29 is 18.9 Å². The Morgan fingerprint density at radius 2 is 1.32 bits per heavy atom. The van der Waals surface area contributed by atoms with E-state index in [9.17, 15) is 0 Å². The van der Waals surface area contributed by atoms with Crippen molar-refractivity contribution in [1.29, 1.82) is 0 Å². The molecule has 3 aliphatic rings. The number of aryl methyl sites for hydroxylation is 1. The minimum absolute atomic E-state index is 0.0851. The summed E-state index contributed by atoms with van der Waals surface area (Å²) in [5.74, 6) is 1.84. The first-order valence-electron chi connectivity index (χ1n) is 11.1. The topological polar surface area (TPSA) is 43.5 Å². The molecule has 2 aromatic rings. The first-order valence-corrected chi connectivity index (χ1v) is 11.1. The minimum Gasteiger partial charge on any atom is -0.491 e. The first kappa shape index (κ1) is 20.3. The Labute approximate surface area is 184 Å². The summed E-state index contributed by atoms with van der Waals surface area (Å²) in [6, 6.07) is 14.9. The molecule has 2 aromatic carbocycles. The van der Waals surface area contributed by atoms with E-state index in [0.29, 0.717) is 13.2 Å². The zero-order chi connectivity index (χ0) is 21.5. The summed E-state index contributed by atoms with van der Waals surface area (Å²) in [5, 5.41) is 0. The predicted molar refractivity (Wildman–Crippen MR) is 123 cm³/mol. The molecule has 2 fully saturated rings. The lowest BCUT2D eigenvalue weighted by molar-refractivity contribution is 0.201. The molecule has 0 bridgehead atoms.